The Morgan fingerprint density at radius 2 is 1.95 bits per heavy atom. The Bertz CT molecular complexity index is 674. The highest BCUT2D eigenvalue weighted by molar-refractivity contribution is 9.10. The lowest BCUT2D eigenvalue weighted by Crippen LogP contribution is -2.01. The van der Waals surface area contributed by atoms with Crippen molar-refractivity contribution in [3.05, 3.63) is 62.1 Å². The van der Waals surface area contributed by atoms with E-state index in [0.717, 1.165) is 22.0 Å². The average Bonchev–Trinajstić information content (AvgIpc) is 2.49. The smallest absolute Gasteiger partial charge is 0.311 e. The minimum atomic E-state index is -0.435. The van der Waals surface area contributed by atoms with Crippen LogP contribution in [0, 0.1) is 10.1 Å². The molecule has 0 aromatic heterocycles. The van der Waals surface area contributed by atoms with Gasteiger partial charge in [-0.15, -0.1) is 0 Å². The van der Waals surface area contributed by atoms with Gasteiger partial charge in [0.25, 0.3) is 0 Å². The van der Waals surface area contributed by atoms with Gasteiger partial charge >= 0.3 is 5.69 Å². The molecule has 2 rings (SSSR count). The van der Waals surface area contributed by atoms with Crippen molar-refractivity contribution >= 4 is 21.6 Å². The van der Waals surface area contributed by atoms with Crippen molar-refractivity contribution in [1.82, 2.24) is 0 Å². The highest BCUT2D eigenvalue weighted by atomic mass is 79.9. The lowest BCUT2D eigenvalue weighted by Gasteiger charge is -2.11. The van der Waals surface area contributed by atoms with Crippen LogP contribution < -0.4 is 10.5 Å². The van der Waals surface area contributed by atoms with Gasteiger partial charge in [-0.05, 0) is 36.2 Å². The normalized spacial score (nSPS) is 10.4. The van der Waals surface area contributed by atoms with Crippen molar-refractivity contribution in [3.8, 4) is 11.5 Å². The third-order valence-corrected chi connectivity index (χ3v) is 3.58. The number of nitrogens with zero attached hydrogens (tertiary/aromatic N) is 1. The number of ether oxygens (including phenoxy) is 1. The second-order valence-electron chi connectivity index (χ2n) is 4.47. The van der Waals surface area contributed by atoms with Gasteiger partial charge in [0.05, 0.1) is 4.92 Å². The van der Waals surface area contributed by atoms with Crippen LogP contribution >= 0.6 is 15.9 Å². The van der Waals surface area contributed by atoms with Crippen LogP contribution in [0.15, 0.2) is 40.9 Å². The van der Waals surface area contributed by atoms with Gasteiger partial charge in [0.15, 0.2) is 0 Å². The first kappa shape index (κ1) is 15.5. The van der Waals surface area contributed by atoms with Gasteiger partial charge < -0.3 is 10.5 Å². The van der Waals surface area contributed by atoms with Gasteiger partial charge in [-0.2, -0.15) is 0 Å². The van der Waals surface area contributed by atoms with Crippen molar-refractivity contribution < 1.29 is 9.66 Å². The molecule has 5 nitrogen and oxygen atoms in total. The van der Waals surface area contributed by atoms with Gasteiger partial charge in [-0.25, -0.2) is 0 Å². The lowest BCUT2D eigenvalue weighted by molar-refractivity contribution is -0.385. The molecule has 21 heavy (non-hydrogen) atoms. The van der Waals surface area contributed by atoms with E-state index in [1.165, 1.54) is 6.07 Å². The van der Waals surface area contributed by atoms with E-state index in [0.29, 0.717) is 5.75 Å². The van der Waals surface area contributed by atoms with E-state index in [1.807, 2.05) is 19.1 Å². The molecule has 6 heteroatoms. The Morgan fingerprint density at radius 1 is 1.24 bits per heavy atom. The summed E-state index contributed by atoms with van der Waals surface area (Å²) in [5.74, 6) is 0.738. The van der Waals surface area contributed by atoms with Crippen molar-refractivity contribution in [3.63, 3.8) is 0 Å². The standard InChI is InChI=1S/C15H15BrN2O3/c1-2-10-3-5-15(13(7-10)18(19)20)21-14-6-4-12(16)8-11(14)9-17/h3-8H,2,9,17H2,1H3. The Labute approximate surface area is 131 Å². The van der Waals surface area contributed by atoms with Crippen LogP contribution in [0.1, 0.15) is 18.1 Å². The number of aryl methyl sites for hydroxylation is 1. The van der Waals surface area contributed by atoms with E-state index < -0.39 is 4.92 Å². The van der Waals surface area contributed by atoms with Gasteiger partial charge in [0.1, 0.15) is 5.75 Å². The molecule has 2 aromatic carbocycles. The monoisotopic (exact) mass is 350 g/mol. The number of nitro groups is 1. The summed E-state index contributed by atoms with van der Waals surface area (Å²) in [6.07, 6.45) is 0.730. The highest BCUT2D eigenvalue weighted by Crippen LogP contribution is 2.34. The molecule has 0 bridgehead atoms. The predicted octanol–water partition coefficient (Wildman–Crippen LogP) is 4.17. The Hall–Kier alpha value is -1.92. The Kier molecular flexibility index (Phi) is 4.93. The first-order valence-corrected chi connectivity index (χ1v) is 7.28. The van der Waals surface area contributed by atoms with Crippen LogP contribution in [0.4, 0.5) is 5.69 Å². The molecule has 2 N–H and O–H groups in total. The number of benzene rings is 2. The zero-order valence-corrected chi connectivity index (χ0v) is 13.1. The predicted molar refractivity (Wildman–Crippen MR) is 84.6 cm³/mol. The molecule has 0 aliphatic heterocycles. The second kappa shape index (κ2) is 6.69. The van der Waals surface area contributed by atoms with E-state index in [2.05, 4.69) is 15.9 Å². The number of nitro benzene ring substituents is 1. The molecule has 0 heterocycles. The van der Waals surface area contributed by atoms with E-state index >= 15 is 0 Å². The molecule has 0 spiro atoms. The van der Waals surface area contributed by atoms with Gasteiger partial charge in [-0.3, -0.25) is 10.1 Å². The maximum Gasteiger partial charge on any atom is 0.311 e. The molecule has 0 fully saturated rings. The quantitative estimate of drug-likeness (QED) is 0.648. The van der Waals surface area contributed by atoms with Crippen LogP contribution in [-0.2, 0) is 13.0 Å². The first-order chi connectivity index (χ1) is 10.0. The van der Waals surface area contributed by atoms with Crippen LogP contribution in [-0.4, -0.2) is 4.92 Å². The molecule has 0 saturated heterocycles. The third-order valence-electron chi connectivity index (χ3n) is 3.09. The van der Waals surface area contributed by atoms with Gasteiger partial charge in [0, 0.05) is 22.6 Å². The topological polar surface area (TPSA) is 78.4 Å². The maximum absolute atomic E-state index is 11.2. The third kappa shape index (κ3) is 3.59. The van der Waals surface area contributed by atoms with Crippen molar-refractivity contribution in [2.75, 3.05) is 0 Å². The summed E-state index contributed by atoms with van der Waals surface area (Å²) >= 11 is 3.36. The second-order valence-corrected chi connectivity index (χ2v) is 5.39. The van der Waals surface area contributed by atoms with Crippen molar-refractivity contribution in [2.24, 2.45) is 5.73 Å². The molecule has 0 unspecified atom stereocenters. The van der Waals surface area contributed by atoms with Crippen LogP contribution in [0.25, 0.3) is 0 Å². The minimum Gasteiger partial charge on any atom is -0.450 e. The van der Waals surface area contributed by atoms with E-state index in [1.54, 1.807) is 18.2 Å². The van der Waals surface area contributed by atoms with Gasteiger partial charge in [-0.1, -0.05) is 28.9 Å². The SMILES string of the molecule is CCc1ccc(Oc2ccc(Br)cc2CN)c([N+](=O)[O-])c1. The summed E-state index contributed by atoms with van der Waals surface area (Å²) in [5.41, 5.74) is 7.31. The zero-order valence-electron chi connectivity index (χ0n) is 11.5. The molecule has 0 radical (unpaired) electrons. The summed E-state index contributed by atoms with van der Waals surface area (Å²) in [4.78, 5) is 10.7. The Balaban J connectivity index is 2.42. The maximum atomic E-state index is 11.2. The fourth-order valence-electron chi connectivity index (χ4n) is 1.94. The molecular formula is C15H15BrN2O3. The lowest BCUT2D eigenvalue weighted by atomic mass is 10.1. The van der Waals surface area contributed by atoms with Crippen LogP contribution in [0.5, 0.6) is 11.5 Å². The fourth-order valence-corrected chi connectivity index (χ4v) is 2.35. The van der Waals surface area contributed by atoms with Crippen molar-refractivity contribution in [1.29, 1.82) is 0 Å². The number of nitrogens with two attached hydrogens (primary N) is 1. The number of halogens is 1. The molecule has 0 amide bonds. The molecule has 2 aromatic rings. The fraction of sp³-hybridized carbons (Fsp3) is 0.200. The number of hydrogen-bond donors (Lipinski definition) is 1. The summed E-state index contributed by atoms with van der Waals surface area (Å²) in [5, 5.41) is 11.2. The largest absolute Gasteiger partial charge is 0.450 e. The number of hydrogen-bond acceptors (Lipinski definition) is 4. The van der Waals surface area contributed by atoms with E-state index in [-0.39, 0.29) is 18.0 Å². The average molecular weight is 351 g/mol. The Morgan fingerprint density at radius 3 is 2.57 bits per heavy atom. The van der Waals surface area contributed by atoms with Crippen LogP contribution in [0.2, 0.25) is 0 Å². The van der Waals surface area contributed by atoms with Crippen LogP contribution in [0.3, 0.4) is 0 Å². The highest BCUT2D eigenvalue weighted by Gasteiger charge is 2.17. The first-order valence-electron chi connectivity index (χ1n) is 6.48. The zero-order chi connectivity index (χ0) is 15.4. The molecule has 0 atom stereocenters. The van der Waals surface area contributed by atoms with E-state index in [9.17, 15) is 10.1 Å². The van der Waals surface area contributed by atoms with Gasteiger partial charge in [0.2, 0.25) is 5.75 Å². The molecule has 0 aliphatic carbocycles. The molecule has 110 valence electrons. The minimum absolute atomic E-state index is 0.0414. The van der Waals surface area contributed by atoms with Crippen molar-refractivity contribution in [2.45, 2.75) is 19.9 Å². The molecule has 0 saturated carbocycles. The molecule has 0 aliphatic rings. The summed E-state index contributed by atoms with van der Waals surface area (Å²) in [6, 6.07) is 10.4. The number of rotatable bonds is 5. The summed E-state index contributed by atoms with van der Waals surface area (Å²) in [7, 11) is 0. The summed E-state index contributed by atoms with van der Waals surface area (Å²) < 4.78 is 6.59. The van der Waals surface area contributed by atoms with E-state index in [4.69, 9.17) is 10.5 Å². The summed E-state index contributed by atoms with van der Waals surface area (Å²) in [6.45, 7) is 2.23. The molecular weight excluding hydrogens is 336 g/mol.